The number of allylic oxidation sites excluding steroid dienone is 1. The zero-order valence-electron chi connectivity index (χ0n) is 13.1. The summed E-state index contributed by atoms with van der Waals surface area (Å²) in [6.07, 6.45) is 4.15. The number of carbonyl (C=O) groups is 2. The van der Waals surface area contributed by atoms with E-state index in [0.717, 1.165) is 25.7 Å². The summed E-state index contributed by atoms with van der Waals surface area (Å²) in [4.78, 5) is 22.7. The normalized spacial score (nSPS) is 32.3. The molecule has 0 aromatic carbocycles. The lowest BCUT2D eigenvalue weighted by Crippen LogP contribution is -2.45. The van der Waals surface area contributed by atoms with Gasteiger partial charge in [0.15, 0.2) is 0 Å². The molecule has 4 nitrogen and oxygen atoms in total. The second-order valence-electron chi connectivity index (χ2n) is 6.60. The van der Waals surface area contributed by atoms with Gasteiger partial charge in [-0.2, -0.15) is 0 Å². The van der Waals surface area contributed by atoms with Gasteiger partial charge in [0, 0.05) is 17.9 Å². The standard InChI is InChI=1S/C17H24O4/c1-10-6-5-7-17(4)14(10)8-13(11(2)16(19)20)9-15(17)21-12(3)18/h13,15H,2,5-9H2,1,3-4H3,(H,19,20)/t13-,15-,17-/m0/s1. The Labute approximate surface area is 125 Å². The number of rotatable bonds is 3. The highest BCUT2D eigenvalue weighted by molar-refractivity contribution is 5.86. The maximum Gasteiger partial charge on any atom is 0.331 e. The Kier molecular flexibility index (Phi) is 4.26. The van der Waals surface area contributed by atoms with Gasteiger partial charge in [0.25, 0.3) is 0 Å². The average molecular weight is 292 g/mol. The van der Waals surface area contributed by atoms with Gasteiger partial charge in [0.05, 0.1) is 0 Å². The van der Waals surface area contributed by atoms with Crippen molar-refractivity contribution in [1.82, 2.24) is 0 Å². The summed E-state index contributed by atoms with van der Waals surface area (Å²) in [5, 5.41) is 9.21. The Morgan fingerprint density at radius 2 is 2.10 bits per heavy atom. The molecule has 1 N–H and O–H groups in total. The maximum absolute atomic E-state index is 11.4. The van der Waals surface area contributed by atoms with Crippen LogP contribution in [-0.4, -0.2) is 23.1 Å². The van der Waals surface area contributed by atoms with E-state index in [1.165, 1.54) is 18.1 Å². The van der Waals surface area contributed by atoms with Gasteiger partial charge in [-0.3, -0.25) is 4.79 Å². The first kappa shape index (κ1) is 15.8. The lowest BCUT2D eigenvalue weighted by molar-refractivity contribution is -0.155. The van der Waals surface area contributed by atoms with Crippen LogP contribution in [0.3, 0.4) is 0 Å². The van der Waals surface area contributed by atoms with Gasteiger partial charge in [0.1, 0.15) is 6.10 Å². The van der Waals surface area contributed by atoms with Gasteiger partial charge in [0.2, 0.25) is 0 Å². The van der Waals surface area contributed by atoms with Crippen LogP contribution in [0.15, 0.2) is 23.3 Å². The highest BCUT2D eigenvalue weighted by atomic mass is 16.5. The van der Waals surface area contributed by atoms with Crippen LogP contribution in [-0.2, 0) is 14.3 Å². The number of carboxylic acid groups (broad SMARTS) is 1. The number of carbonyl (C=O) groups excluding carboxylic acids is 1. The van der Waals surface area contributed by atoms with Crippen LogP contribution >= 0.6 is 0 Å². The topological polar surface area (TPSA) is 63.6 Å². The summed E-state index contributed by atoms with van der Waals surface area (Å²) in [6.45, 7) is 9.39. The van der Waals surface area contributed by atoms with Gasteiger partial charge in [-0.15, -0.1) is 0 Å². The van der Waals surface area contributed by atoms with E-state index in [-0.39, 0.29) is 29.0 Å². The van der Waals surface area contributed by atoms with Crippen LogP contribution in [0, 0.1) is 11.3 Å². The number of esters is 1. The fourth-order valence-corrected chi connectivity index (χ4v) is 3.94. The summed E-state index contributed by atoms with van der Waals surface area (Å²) in [5.74, 6) is -1.41. The van der Waals surface area contributed by atoms with Crippen molar-refractivity contribution in [1.29, 1.82) is 0 Å². The van der Waals surface area contributed by atoms with Gasteiger partial charge in [-0.1, -0.05) is 24.6 Å². The number of aliphatic carboxylic acids is 1. The minimum Gasteiger partial charge on any atom is -0.478 e. The minimum atomic E-state index is -0.959. The highest BCUT2D eigenvalue weighted by Gasteiger charge is 2.48. The van der Waals surface area contributed by atoms with E-state index < -0.39 is 5.97 Å². The molecule has 0 aliphatic heterocycles. The van der Waals surface area contributed by atoms with E-state index in [9.17, 15) is 14.7 Å². The van der Waals surface area contributed by atoms with Crippen molar-refractivity contribution in [2.45, 2.75) is 59.0 Å². The quantitative estimate of drug-likeness (QED) is 0.491. The molecule has 1 fully saturated rings. The number of hydrogen-bond donors (Lipinski definition) is 1. The predicted octanol–water partition coefficient (Wildman–Crippen LogP) is 3.48. The molecule has 1 saturated carbocycles. The van der Waals surface area contributed by atoms with Crippen LogP contribution < -0.4 is 0 Å². The predicted molar refractivity (Wildman–Crippen MR) is 79.7 cm³/mol. The molecule has 2 rings (SSSR count). The molecule has 0 radical (unpaired) electrons. The molecule has 116 valence electrons. The molecule has 0 saturated heterocycles. The first-order chi connectivity index (χ1) is 9.75. The summed E-state index contributed by atoms with van der Waals surface area (Å²) in [5.41, 5.74) is 2.67. The van der Waals surface area contributed by atoms with E-state index in [1.54, 1.807) is 0 Å². The van der Waals surface area contributed by atoms with Crippen LogP contribution in [0.1, 0.15) is 52.9 Å². The molecular formula is C17H24O4. The first-order valence-electron chi connectivity index (χ1n) is 7.54. The van der Waals surface area contributed by atoms with Crippen molar-refractivity contribution in [2.75, 3.05) is 0 Å². The third-order valence-electron chi connectivity index (χ3n) is 5.19. The SMILES string of the molecule is C=C(C(=O)O)[C@H]1CC2=C(C)CCC[C@]2(C)[C@@H](OC(C)=O)C1. The summed E-state index contributed by atoms with van der Waals surface area (Å²) >= 11 is 0. The van der Waals surface area contributed by atoms with Crippen molar-refractivity contribution in [3.05, 3.63) is 23.3 Å². The number of fused-ring (bicyclic) bond motifs is 1. The van der Waals surface area contributed by atoms with Crippen molar-refractivity contribution < 1.29 is 19.4 Å². The fraction of sp³-hybridized carbons (Fsp3) is 0.647. The number of ether oxygens (including phenoxy) is 1. The molecule has 0 spiro atoms. The number of hydrogen-bond acceptors (Lipinski definition) is 3. The van der Waals surface area contributed by atoms with Gasteiger partial charge in [-0.05, 0) is 44.9 Å². The Morgan fingerprint density at radius 3 is 2.67 bits per heavy atom. The zero-order chi connectivity index (χ0) is 15.8. The van der Waals surface area contributed by atoms with Crippen molar-refractivity contribution in [3.63, 3.8) is 0 Å². The average Bonchev–Trinajstić information content (AvgIpc) is 2.38. The van der Waals surface area contributed by atoms with Gasteiger partial charge in [-0.25, -0.2) is 4.79 Å². The van der Waals surface area contributed by atoms with E-state index >= 15 is 0 Å². The molecule has 4 heteroatoms. The van der Waals surface area contributed by atoms with Gasteiger partial charge < -0.3 is 9.84 Å². The zero-order valence-corrected chi connectivity index (χ0v) is 13.1. The second kappa shape index (κ2) is 5.66. The van der Waals surface area contributed by atoms with Gasteiger partial charge >= 0.3 is 11.9 Å². The Morgan fingerprint density at radius 1 is 1.43 bits per heavy atom. The minimum absolute atomic E-state index is 0.150. The van der Waals surface area contributed by atoms with E-state index in [2.05, 4.69) is 20.4 Å². The Hall–Kier alpha value is -1.58. The summed E-state index contributed by atoms with van der Waals surface area (Å²) < 4.78 is 5.57. The monoisotopic (exact) mass is 292 g/mol. The van der Waals surface area contributed by atoms with Crippen LogP contribution in [0.4, 0.5) is 0 Å². The summed E-state index contributed by atoms with van der Waals surface area (Å²) in [6, 6.07) is 0. The third kappa shape index (κ3) is 2.89. The molecule has 0 aromatic rings. The molecular weight excluding hydrogens is 268 g/mol. The highest BCUT2D eigenvalue weighted by Crippen LogP contribution is 2.53. The largest absolute Gasteiger partial charge is 0.478 e. The first-order valence-corrected chi connectivity index (χ1v) is 7.54. The summed E-state index contributed by atoms with van der Waals surface area (Å²) in [7, 11) is 0. The fourth-order valence-electron chi connectivity index (χ4n) is 3.94. The molecule has 2 aliphatic rings. The molecule has 2 aliphatic carbocycles. The van der Waals surface area contributed by atoms with Crippen molar-refractivity contribution >= 4 is 11.9 Å². The van der Waals surface area contributed by atoms with Crippen molar-refractivity contribution in [3.8, 4) is 0 Å². The second-order valence-corrected chi connectivity index (χ2v) is 6.60. The molecule has 0 aromatic heterocycles. The maximum atomic E-state index is 11.4. The third-order valence-corrected chi connectivity index (χ3v) is 5.19. The smallest absolute Gasteiger partial charge is 0.331 e. The van der Waals surface area contributed by atoms with Crippen LogP contribution in [0.5, 0.6) is 0 Å². The number of carboxylic acids is 1. The molecule has 0 bridgehead atoms. The molecule has 0 amide bonds. The Bertz CT molecular complexity index is 517. The van der Waals surface area contributed by atoms with Crippen LogP contribution in [0.25, 0.3) is 0 Å². The molecule has 21 heavy (non-hydrogen) atoms. The molecule has 0 unspecified atom stereocenters. The van der Waals surface area contributed by atoms with Crippen molar-refractivity contribution in [2.24, 2.45) is 11.3 Å². The lowest BCUT2D eigenvalue weighted by Gasteiger charge is -2.48. The Balaban J connectivity index is 2.38. The van der Waals surface area contributed by atoms with E-state index in [1.807, 2.05) is 0 Å². The van der Waals surface area contributed by atoms with E-state index in [4.69, 9.17) is 4.74 Å². The molecule has 3 atom stereocenters. The van der Waals surface area contributed by atoms with Crippen LogP contribution in [0.2, 0.25) is 0 Å². The molecule has 0 heterocycles. The van der Waals surface area contributed by atoms with E-state index in [0.29, 0.717) is 6.42 Å². The lowest BCUT2D eigenvalue weighted by atomic mass is 9.59.